The number of rotatable bonds is 5. The lowest BCUT2D eigenvalue weighted by molar-refractivity contribution is 0.111. The van der Waals surface area contributed by atoms with Gasteiger partial charge < -0.3 is 5.11 Å². The Morgan fingerprint density at radius 3 is 2.59 bits per heavy atom. The highest BCUT2D eigenvalue weighted by Gasteiger charge is 2.13. The second-order valence-corrected chi connectivity index (χ2v) is 7.81. The van der Waals surface area contributed by atoms with Crippen LogP contribution < -0.4 is 5.56 Å². The van der Waals surface area contributed by atoms with Gasteiger partial charge in [-0.15, -0.1) is 0 Å². The van der Waals surface area contributed by atoms with E-state index < -0.39 is 15.9 Å². The van der Waals surface area contributed by atoms with Crippen LogP contribution in [0, 0.1) is 5.92 Å². The Morgan fingerprint density at radius 1 is 1.32 bits per heavy atom. The summed E-state index contributed by atoms with van der Waals surface area (Å²) in [6, 6.07) is 4.33. The van der Waals surface area contributed by atoms with Crippen LogP contribution in [0.25, 0.3) is 10.9 Å². The molecule has 0 aliphatic rings. The Hall–Kier alpha value is -1.73. The average Bonchev–Trinajstić information content (AvgIpc) is 2.45. The van der Waals surface area contributed by atoms with Gasteiger partial charge >= 0.3 is 0 Å². The van der Waals surface area contributed by atoms with E-state index in [9.17, 15) is 18.3 Å². The van der Waals surface area contributed by atoms with Crippen LogP contribution in [0.1, 0.15) is 20.3 Å². The number of aliphatic hydroxyl groups is 1. The smallest absolute Gasteiger partial charge is 0.261 e. The monoisotopic (exact) mass is 324 g/mol. The molecule has 0 aliphatic carbocycles. The lowest BCUT2D eigenvalue weighted by Crippen LogP contribution is -2.25. The number of hydrogen-bond acceptors (Lipinski definition) is 5. The van der Waals surface area contributed by atoms with Crippen molar-refractivity contribution in [1.29, 1.82) is 0 Å². The Kier molecular flexibility index (Phi) is 4.67. The van der Waals surface area contributed by atoms with Gasteiger partial charge in [0.1, 0.15) is 0 Å². The highest BCUT2D eigenvalue weighted by molar-refractivity contribution is 7.90. The second kappa shape index (κ2) is 6.18. The molecule has 0 fully saturated rings. The summed E-state index contributed by atoms with van der Waals surface area (Å²) >= 11 is 0. The summed E-state index contributed by atoms with van der Waals surface area (Å²) in [5.74, 6) is 0.112. The zero-order chi connectivity index (χ0) is 16.5. The summed E-state index contributed by atoms with van der Waals surface area (Å²) in [6.45, 7) is 4.15. The van der Waals surface area contributed by atoms with E-state index >= 15 is 0 Å². The molecule has 120 valence electrons. The van der Waals surface area contributed by atoms with E-state index in [1.54, 1.807) is 0 Å². The number of nitrogens with zero attached hydrogens (tertiary/aromatic N) is 2. The molecule has 0 radical (unpaired) electrons. The summed E-state index contributed by atoms with van der Waals surface area (Å²) in [5, 5.41) is 10.1. The van der Waals surface area contributed by atoms with Gasteiger partial charge in [0.25, 0.3) is 5.56 Å². The fourth-order valence-electron chi connectivity index (χ4n) is 2.13. The predicted molar refractivity (Wildman–Crippen MR) is 84.6 cm³/mol. The minimum atomic E-state index is -3.38. The minimum absolute atomic E-state index is 0.0962. The standard InChI is InChI=1S/C15H20N2O4S/c1-10(2)14(18)6-7-17-9-16-13-5-4-11(22(3,20)21)8-12(13)15(17)19/h4-5,8-10,14,18H,6-7H2,1-3H3. The maximum absolute atomic E-state index is 12.4. The van der Waals surface area contributed by atoms with Crippen molar-refractivity contribution in [1.82, 2.24) is 9.55 Å². The van der Waals surface area contributed by atoms with Crippen molar-refractivity contribution in [3.63, 3.8) is 0 Å². The van der Waals surface area contributed by atoms with Crippen molar-refractivity contribution >= 4 is 20.7 Å². The third-order valence-electron chi connectivity index (χ3n) is 3.66. The summed E-state index contributed by atoms with van der Waals surface area (Å²) in [5.41, 5.74) is 0.157. The van der Waals surface area contributed by atoms with E-state index in [1.807, 2.05) is 13.8 Å². The zero-order valence-corrected chi connectivity index (χ0v) is 13.7. The van der Waals surface area contributed by atoms with Crippen LogP contribution in [0.4, 0.5) is 0 Å². The third-order valence-corrected chi connectivity index (χ3v) is 4.77. The highest BCUT2D eigenvalue weighted by Crippen LogP contribution is 2.15. The molecule has 1 aromatic carbocycles. The van der Waals surface area contributed by atoms with E-state index in [-0.39, 0.29) is 21.8 Å². The second-order valence-electron chi connectivity index (χ2n) is 5.79. The van der Waals surface area contributed by atoms with E-state index in [4.69, 9.17) is 0 Å². The van der Waals surface area contributed by atoms with Crippen LogP contribution in [-0.2, 0) is 16.4 Å². The van der Waals surface area contributed by atoms with Crippen LogP contribution in [0.15, 0.2) is 34.2 Å². The first kappa shape index (κ1) is 16.6. The van der Waals surface area contributed by atoms with Crippen molar-refractivity contribution in [3.05, 3.63) is 34.9 Å². The Bertz CT molecular complexity index is 840. The van der Waals surface area contributed by atoms with Crippen molar-refractivity contribution in [2.24, 2.45) is 5.92 Å². The van der Waals surface area contributed by atoms with Crippen molar-refractivity contribution < 1.29 is 13.5 Å². The first-order chi connectivity index (χ1) is 10.2. The summed E-state index contributed by atoms with van der Waals surface area (Å²) in [4.78, 5) is 16.7. The molecule has 2 rings (SSSR count). The van der Waals surface area contributed by atoms with E-state index in [0.29, 0.717) is 18.5 Å². The molecule has 1 atom stereocenters. The lowest BCUT2D eigenvalue weighted by Gasteiger charge is -2.15. The fraction of sp³-hybridized carbons (Fsp3) is 0.467. The van der Waals surface area contributed by atoms with Crippen LogP contribution in [0.5, 0.6) is 0 Å². The molecule has 1 aromatic heterocycles. The number of hydrogen-bond donors (Lipinski definition) is 1. The van der Waals surface area contributed by atoms with Gasteiger partial charge in [0.05, 0.1) is 28.2 Å². The van der Waals surface area contributed by atoms with Gasteiger partial charge in [0.2, 0.25) is 0 Å². The molecule has 2 aromatic rings. The average molecular weight is 324 g/mol. The van der Waals surface area contributed by atoms with Crippen LogP contribution in [0.3, 0.4) is 0 Å². The van der Waals surface area contributed by atoms with Gasteiger partial charge in [0.15, 0.2) is 9.84 Å². The molecular formula is C15H20N2O4S. The maximum atomic E-state index is 12.4. The Balaban J connectivity index is 2.42. The Morgan fingerprint density at radius 2 is 2.00 bits per heavy atom. The van der Waals surface area contributed by atoms with E-state index in [0.717, 1.165) is 6.26 Å². The van der Waals surface area contributed by atoms with Crippen LogP contribution in [-0.4, -0.2) is 35.4 Å². The van der Waals surface area contributed by atoms with Gasteiger partial charge in [-0.1, -0.05) is 13.8 Å². The molecule has 0 amide bonds. The van der Waals surface area contributed by atoms with Gasteiger partial charge in [-0.05, 0) is 30.5 Å². The molecule has 1 heterocycles. The van der Waals surface area contributed by atoms with E-state index in [1.165, 1.54) is 29.1 Å². The lowest BCUT2D eigenvalue weighted by atomic mass is 10.0. The minimum Gasteiger partial charge on any atom is -0.393 e. The summed E-state index contributed by atoms with van der Waals surface area (Å²) in [7, 11) is -3.38. The van der Waals surface area contributed by atoms with Crippen LogP contribution >= 0.6 is 0 Å². The molecule has 0 saturated carbocycles. The largest absolute Gasteiger partial charge is 0.393 e. The quantitative estimate of drug-likeness (QED) is 0.893. The Labute approximate surface area is 129 Å². The topological polar surface area (TPSA) is 89.3 Å². The normalized spacial score (nSPS) is 13.7. The molecule has 1 N–H and O–H groups in total. The molecule has 7 heteroatoms. The van der Waals surface area contributed by atoms with Crippen molar-refractivity contribution in [2.75, 3.05) is 6.26 Å². The van der Waals surface area contributed by atoms with Gasteiger partial charge in [-0.3, -0.25) is 9.36 Å². The molecule has 1 unspecified atom stereocenters. The summed E-state index contributed by atoms with van der Waals surface area (Å²) < 4.78 is 24.6. The van der Waals surface area contributed by atoms with Crippen molar-refractivity contribution in [2.45, 2.75) is 37.8 Å². The molecule has 0 saturated heterocycles. The van der Waals surface area contributed by atoms with Gasteiger partial charge in [-0.2, -0.15) is 0 Å². The summed E-state index contributed by atoms with van der Waals surface area (Å²) in [6.07, 6.45) is 2.47. The maximum Gasteiger partial charge on any atom is 0.261 e. The molecule has 0 bridgehead atoms. The fourth-order valence-corrected chi connectivity index (χ4v) is 2.78. The van der Waals surface area contributed by atoms with Gasteiger partial charge in [-0.25, -0.2) is 13.4 Å². The van der Waals surface area contributed by atoms with Crippen LogP contribution in [0.2, 0.25) is 0 Å². The highest BCUT2D eigenvalue weighted by atomic mass is 32.2. The zero-order valence-electron chi connectivity index (χ0n) is 12.9. The molecule has 22 heavy (non-hydrogen) atoms. The number of aliphatic hydroxyl groups excluding tert-OH is 1. The number of sulfone groups is 1. The molecule has 6 nitrogen and oxygen atoms in total. The van der Waals surface area contributed by atoms with Crippen molar-refractivity contribution in [3.8, 4) is 0 Å². The number of aryl methyl sites for hydroxylation is 1. The predicted octanol–water partition coefficient (Wildman–Crippen LogP) is 1.21. The number of fused-ring (bicyclic) bond motifs is 1. The first-order valence-corrected chi connectivity index (χ1v) is 8.96. The number of benzene rings is 1. The SMILES string of the molecule is CC(C)C(O)CCn1cnc2ccc(S(C)(=O)=O)cc2c1=O. The first-order valence-electron chi connectivity index (χ1n) is 7.07. The molecule has 0 spiro atoms. The number of aromatic nitrogens is 2. The third kappa shape index (κ3) is 3.53. The molecular weight excluding hydrogens is 304 g/mol. The van der Waals surface area contributed by atoms with Gasteiger partial charge in [0, 0.05) is 12.8 Å². The molecule has 0 aliphatic heterocycles. The van der Waals surface area contributed by atoms with E-state index in [2.05, 4.69) is 4.98 Å².